The van der Waals surface area contributed by atoms with Crippen LogP contribution in [0.2, 0.25) is 5.02 Å². The van der Waals surface area contributed by atoms with E-state index in [2.05, 4.69) is 57.7 Å². The van der Waals surface area contributed by atoms with Gasteiger partial charge in [0, 0.05) is 43.8 Å². The van der Waals surface area contributed by atoms with E-state index in [0.29, 0.717) is 28.5 Å². The van der Waals surface area contributed by atoms with E-state index in [1.807, 2.05) is 24.3 Å². The van der Waals surface area contributed by atoms with E-state index in [1.54, 1.807) is 0 Å². The van der Waals surface area contributed by atoms with E-state index in [-0.39, 0.29) is 0 Å². The molecule has 0 spiro atoms. The number of nitrogens with one attached hydrogen (secondary N) is 2. The summed E-state index contributed by atoms with van der Waals surface area (Å²) in [5, 5.41) is 7.65. The first-order chi connectivity index (χ1) is 17.0. The molecule has 0 amide bonds. The third kappa shape index (κ3) is 5.85. The molecule has 0 aliphatic carbocycles. The summed E-state index contributed by atoms with van der Waals surface area (Å²) in [5.41, 5.74) is 3.77. The second-order valence-electron chi connectivity index (χ2n) is 9.44. The van der Waals surface area contributed by atoms with E-state index in [1.165, 1.54) is 24.0 Å². The molecular weight excluding hydrogens is 476 g/mol. The van der Waals surface area contributed by atoms with Crippen LogP contribution in [0.3, 0.4) is 0 Å². The number of anilines is 3. The molecule has 0 radical (unpaired) electrons. The second kappa shape index (κ2) is 10.8. The minimum Gasteiger partial charge on any atom is -0.358 e. The van der Waals surface area contributed by atoms with Gasteiger partial charge in [-0.25, -0.2) is 0 Å². The van der Waals surface area contributed by atoms with Gasteiger partial charge >= 0.3 is 0 Å². The van der Waals surface area contributed by atoms with Gasteiger partial charge in [0.25, 0.3) is 0 Å². The zero-order valence-corrected chi connectivity index (χ0v) is 21.6. The van der Waals surface area contributed by atoms with Crippen molar-refractivity contribution in [1.29, 1.82) is 0 Å². The zero-order chi connectivity index (χ0) is 24.2. The van der Waals surface area contributed by atoms with Gasteiger partial charge in [-0.1, -0.05) is 61.0 Å². The molecule has 8 heteroatoms. The van der Waals surface area contributed by atoms with Gasteiger partial charge in [-0.3, -0.25) is 0 Å². The summed E-state index contributed by atoms with van der Waals surface area (Å²) in [6.45, 7) is 6.63. The van der Waals surface area contributed by atoms with Crippen molar-refractivity contribution >= 4 is 46.5 Å². The molecule has 3 heterocycles. The number of piperidine rings is 1. The summed E-state index contributed by atoms with van der Waals surface area (Å²) in [6.07, 6.45) is 3.45. The molecule has 182 valence electrons. The summed E-state index contributed by atoms with van der Waals surface area (Å²) in [4.78, 5) is 14.5. The Morgan fingerprint density at radius 1 is 1.03 bits per heavy atom. The smallest absolute Gasteiger partial charge is 0.232 e. The molecule has 1 fully saturated rings. The molecule has 2 aliphatic heterocycles. The van der Waals surface area contributed by atoms with Crippen molar-refractivity contribution in [2.75, 3.05) is 34.8 Å². The minimum atomic E-state index is 0.476. The topological polar surface area (TPSA) is 56.3 Å². The summed E-state index contributed by atoms with van der Waals surface area (Å²) in [6, 6.07) is 18.6. The number of hydrogen-bond acceptors (Lipinski definition) is 5. The molecule has 2 aromatic carbocycles. The average Bonchev–Trinajstić information content (AvgIpc) is 2.88. The summed E-state index contributed by atoms with van der Waals surface area (Å²) in [5.74, 6) is 3.06. The molecule has 1 aromatic heterocycles. The maximum atomic E-state index is 6.29. The van der Waals surface area contributed by atoms with Crippen LogP contribution in [0.4, 0.5) is 17.6 Å². The van der Waals surface area contributed by atoms with Crippen LogP contribution in [-0.4, -0.2) is 34.7 Å². The first kappa shape index (κ1) is 23.8. The Hall–Kier alpha value is -2.90. The molecule has 0 saturated carbocycles. The molecule has 35 heavy (non-hydrogen) atoms. The second-order valence-corrected chi connectivity index (χ2v) is 10.3. The molecule has 2 aliphatic rings. The van der Waals surface area contributed by atoms with Crippen LogP contribution in [0.5, 0.6) is 0 Å². The highest BCUT2D eigenvalue weighted by atomic mass is 35.5. The molecule has 0 unspecified atom stereocenters. The lowest BCUT2D eigenvalue weighted by atomic mass is 10.00. The highest BCUT2D eigenvalue weighted by Crippen LogP contribution is 2.29. The van der Waals surface area contributed by atoms with Crippen molar-refractivity contribution in [3.05, 3.63) is 76.3 Å². The highest BCUT2D eigenvalue weighted by Gasteiger charge is 2.23. The number of fused-ring (bicyclic) bond motifs is 1. The molecule has 1 atom stereocenters. The van der Waals surface area contributed by atoms with Crippen molar-refractivity contribution in [1.82, 2.24) is 15.3 Å². The first-order valence-corrected chi connectivity index (χ1v) is 13.1. The minimum absolute atomic E-state index is 0.476. The molecule has 0 bridgehead atoms. The third-order valence-corrected chi connectivity index (χ3v) is 7.37. The van der Waals surface area contributed by atoms with Crippen LogP contribution in [-0.2, 0) is 19.5 Å². The van der Waals surface area contributed by atoms with Crippen LogP contribution >= 0.6 is 23.8 Å². The fourth-order valence-corrected chi connectivity index (χ4v) is 5.22. The van der Waals surface area contributed by atoms with Crippen LogP contribution < -0.4 is 20.4 Å². The predicted octanol–water partition coefficient (Wildman–Crippen LogP) is 5.42. The standard InChI is InChI=1S/C27H31ClN6S/c1-19-7-6-13-33(17-19)24-15-25(34-14-12-20-8-2-3-10-22(20)18-34)31-26(30-24)32-27(35)29-16-21-9-4-5-11-23(21)28/h2-5,8-11,15,19H,6-7,12-14,16-18H2,1H3,(H2,29,30,31,32,35)/t19-/m1/s1. The number of nitrogens with zero attached hydrogens (tertiary/aromatic N) is 4. The van der Waals surface area contributed by atoms with Crippen LogP contribution in [0.1, 0.15) is 36.5 Å². The Balaban J connectivity index is 1.36. The Morgan fingerprint density at radius 2 is 1.77 bits per heavy atom. The average molecular weight is 507 g/mol. The summed E-state index contributed by atoms with van der Waals surface area (Å²) >= 11 is 11.9. The third-order valence-electron chi connectivity index (χ3n) is 6.76. The Labute approximate surface area is 217 Å². The van der Waals surface area contributed by atoms with Crippen LogP contribution in [0, 0.1) is 5.92 Å². The normalized spacial score (nSPS) is 17.6. The summed E-state index contributed by atoms with van der Waals surface area (Å²) in [7, 11) is 0. The van der Waals surface area contributed by atoms with Gasteiger partial charge in [0.15, 0.2) is 5.11 Å². The predicted molar refractivity (Wildman–Crippen MR) is 148 cm³/mol. The van der Waals surface area contributed by atoms with E-state index in [0.717, 1.165) is 49.8 Å². The lowest BCUT2D eigenvalue weighted by Crippen LogP contribution is -2.36. The molecule has 6 nitrogen and oxygen atoms in total. The monoisotopic (exact) mass is 506 g/mol. The highest BCUT2D eigenvalue weighted by molar-refractivity contribution is 7.80. The van der Waals surface area contributed by atoms with Gasteiger partial charge in [-0.05, 0) is 60.2 Å². The van der Waals surface area contributed by atoms with Crippen LogP contribution in [0.25, 0.3) is 0 Å². The van der Waals surface area contributed by atoms with Gasteiger partial charge in [0.2, 0.25) is 5.95 Å². The fourth-order valence-electron chi connectivity index (χ4n) is 4.85. The van der Waals surface area contributed by atoms with Crippen molar-refractivity contribution < 1.29 is 0 Å². The fraction of sp³-hybridized carbons (Fsp3) is 0.370. The largest absolute Gasteiger partial charge is 0.358 e. The van der Waals surface area contributed by atoms with Crippen molar-refractivity contribution in [3.63, 3.8) is 0 Å². The quantitative estimate of drug-likeness (QED) is 0.448. The lowest BCUT2D eigenvalue weighted by molar-refractivity contribution is 0.444. The van der Waals surface area contributed by atoms with E-state index in [9.17, 15) is 0 Å². The number of hydrogen-bond donors (Lipinski definition) is 2. The Morgan fingerprint density at radius 3 is 2.57 bits per heavy atom. The maximum Gasteiger partial charge on any atom is 0.232 e. The van der Waals surface area contributed by atoms with Crippen molar-refractivity contribution in [3.8, 4) is 0 Å². The molecule has 1 saturated heterocycles. The van der Waals surface area contributed by atoms with Gasteiger partial charge in [0.1, 0.15) is 11.6 Å². The van der Waals surface area contributed by atoms with Crippen LogP contribution in [0.15, 0.2) is 54.6 Å². The summed E-state index contributed by atoms with van der Waals surface area (Å²) < 4.78 is 0. The molecule has 3 aromatic rings. The molecule has 5 rings (SSSR count). The SMILES string of the molecule is C[C@@H]1CCCN(c2cc(N3CCc4ccccc4C3)nc(NC(=S)NCc3ccccc3Cl)n2)C1. The number of benzene rings is 2. The first-order valence-electron chi connectivity index (χ1n) is 12.3. The van der Waals surface area contributed by atoms with Gasteiger partial charge in [0.05, 0.1) is 0 Å². The molecule has 2 N–H and O–H groups in total. The molecular formula is C27H31ClN6S. The zero-order valence-electron chi connectivity index (χ0n) is 20.0. The number of aromatic nitrogens is 2. The van der Waals surface area contributed by atoms with E-state index in [4.69, 9.17) is 33.8 Å². The van der Waals surface area contributed by atoms with Gasteiger partial charge in [-0.15, -0.1) is 0 Å². The number of halogens is 1. The maximum absolute atomic E-state index is 6.29. The van der Waals surface area contributed by atoms with Gasteiger partial charge < -0.3 is 20.4 Å². The van der Waals surface area contributed by atoms with Crippen molar-refractivity contribution in [2.24, 2.45) is 5.92 Å². The number of rotatable bonds is 5. The Kier molecular flexibility index (Phi) is 7.35. The van der Waals surface area contributed by atoms with E-state index < -0.39 is 0 Å². The van der Waals surface area contributed by atoms with Gasteiger partial charge in [-0.2, -0.15) is 9.97 Å². The number of thiocarbonyl (C=S) groups is 1. The van der Waals surface area contributed by atoms with Crippen molar-refractivity contribution in [2.45, 2.75) is 39.3 Å². The Bertz CT molecular complexity index is 1200. The van der Waals surface area contributed by atoms with E-state index >= 15 is 0 Å². The lowest BCUT2D eigenvalue weighted by Gasteiger charge is -2.34.